The van der Waals surface area contributed by atoms with Crippen molar-refractivity contribution in [3.8, 4) is 5.75 Å². The first-order valence-corrected chi connectivity index (χ1v) is 17.6. The van der Waals surface area contributed by atoms with Crippen molar-refractivity contribution in [1.29, 1.82) is 0 Å². The molecule has 1 aliphatic heterocycles. The highest BCUT2D eigenvalue weighted by atomic mass is 31.2. The normalized spacial score (nSPS) is 18.7. The van der Waals surface area contributed by atoms with Crippen molar-refractivity contribution >= 4 is 44.5 Å². The van der Waals surface area contributed by atoms with E-state index in [1.54, 1.807) is 13.1 Å². The molecule has 2 aromatic carbocycles. The van der Waals surface area contributed by atoms with Crippen molar-refractivity contribution in [2.45, 2.75) is 56.6 Å². The molecule has 0 bridgehead atoms. The molecule has 0 atom stereocenters. The summed E-state index contributed by atoms with van der Waals surface area (Å²) in [7, 11) is -6.12. The maximum absolute atomic E-state index is 14.1. The number of methoxy groups -OCH3 is 1. The number of benzene rings is 2. The topological polar surface area (TPSA) is 204 Å². The Kier molecular flexibility index (Phi) is 9.73. The number of alkyl halides is 3. The van der Waals surface area contributed by atoms with Gasteiger partial charge >= 0.3 is 21.6 Å². The van der Waals surface area contributed by atoms with Crippen LogP contribution in [0.15, 0.2) is 36.5 Å². The number of aromatic nitrogens is 2. The van der Waals surface area contributed by atoms with Gasteiger partial charge in [-0.1, -0.05) is 12.1 Å². The summed E-state index contributed by atoms with van der Waals surface area (Å²) in [5.41, 5.74) is 1.07. The first-order valence-electron chi connectivity index (χ1n) is 14.3. The first-order chi connectivity index (χ1) is 21.9. The van der Waals surface area contributed by atoms with Gasteiger partial charge < -0.3 is 39.8 Å². The van der Waals surface area contributed by atoms with Gasteiger partial charge in [0, 0.05) is 19.8 Å². The number of anilines is 4. The van der Waals surface area contributed by atoms with Crippen LogP contribution in [0.2, 0.25) is 0 Å². The largest absolute Gasteiger partial charge is 0.495 e. The number of phosphoric ester groups is 1. The van der Waals surface area contributed by atoms with Crippen LogP contribution in [-0.2, 0) is 32.5 Å². The number of halogens is 3. The van der Waals surface area contributed by atoms with Crippen molar-refractivity contribution in [3.05, 3.63) is 64.3 Å². The summed E-state index contributed by atoms with van der Waals surface area (Å²) in [5.74, 6) is -1.20. The molecule has 1 saturated carbocycles. The molecule has 14 nitrogen and oxygen atoms in total. The van der Waals surface area contributed by atoms with Crippen LogP contribution in [0, 0.1) is 0 Å². The van der Waals surface area contributed by atoms with Gasteiger partial charge in [-0.05, 0) is 66.5 Å². The molecule has 1 aliphatic carbocycles. The molecule has 19 heteroatoms. The van der Waals surface area contributed by atoms with Crippen LogP contribution in [0.3, 0.4) is 0 Å². The molecule has 0 radical (unpaired) electrons. The second-order valence-corrected chi connectivity index (χ2v) is 14.2. The molecule has 1 amide bonds. The van der Waals surface area contributed by atoms with Crippen LogP contribution < -0.4 is 15.4 Å². The van der Waals surface area contributed by atoms with Crippen molar-refractivity contribution in [2.24, 2.45) is 0 Å². The van der Waals surface area contributed by atoms with E-state index in [1.807, 2.05) is 0 Å². The lowest BCUT2D eigenvalue weighted by Gasteiger charge is -2.30. The molecule has 47 heavy (non-hydrogen) atoms. The van der Waals surface area contributed by atoms with Gasteiger partial charge in [0.25, 0.3) is 5.91 Å². The molecule has 1 fully saturated rings. The van der Waals surface area contributed by atoms with E-state index in [0.717, 1.165) is 5.56 Å². The molecule has 6 N–H and O–H groups in total. The van der Waals surface area contributed by atoms with Gasteiger partial charge in [-0.15, -0.1) is 0 Å². The number of hydrogen-bond acceptors (Lipinski definition) is 9. The van der Waals surface area contributed by atoms with E-state index < -0.39 is 51.1 Å². The minimum Gasteiger partial charge on any atom is -0.495 e. The molecule has 0 unspecified atom stereocenters. The molecule has 3 aromatic rings. The Morgan fingerprint density at radius 3 is 2.32 bits per heavy atom. The fourth-order valence-corrected chi connectivity index (χ4v) is 7.18. The van der Waals surface area contributed by atoms with Gasteiger partial charge in [0.2, 0.25) is 5.95 Å². The minimum absolute atomic E-state index is 0.0580. The lowest BCUT2D eigenvalue weighted by molar-refractivity contribution is -0.137. The smallest absolute Gasteiger partial charge is 0.469 e. The molecule has 2 heterocycles. The molecular formula is C28H32F3N5O9P2. The number of rotatable bonds is 10. The lowest BCUT2D eigenvalue weighted by Crippen LogP contribution is -2.20. The van der Waals surface area contributed by atoms with Crippen LogP contribution in [-0.4, -0.2) is 60.6 Å². The molecule has 2 aliphatic rings. The predicted molar refractivity (Wildman–Crippen MR) is 163 cm³/mol. The van der Waals surface area contributed by atoms with Crippen LogP contribution in [0.1, 0.15) is 64.2 Å². The van der Waals surface area contributed by atoms with Gasteiger partial charge in [-0.25, -0.2) is 9.55 Å². The number of nitrogens with one attached hydrogen (secondary N) is 2. The number of amides is 1. The van der Waals surface area contributed by atoms with Gasteiger partial charge in [-0.3, -0.25) is 13.9 Å². The minimum atomic E-state index is -4.86. The summed E-state index contributed by atoms with van der Waals surface area (Å²) in [6, 6.07) is 7.46. The number of hydrogen-bond donors (Lipinski definition) is 6. The third-order valence-electron chi connectivity index (χ3n) is 7.95. The number of fused-ring (bicyclic) bond motifs is 1. The summed E-state index contributed by atoms with van der Waals surface area (Å²) in [4.78, 5) is 59.4. The third kappa shape index (κ3) is 8.30. The van der Waals surface area contributed by atoms with E-state index in [9.17, 15) is 36.9 Å². The summed E-state index contributed by atoms with van der Waals surface area (Å²) in [6.45, 7) is 0.221. The van der Waals surface area contributed by atoms with Gasteiger partial charge in [0.05, 0.1) is 36.3 Å². The Morgan fingerprint density at radius 1 is 1.02 bits per heavy atom. The second kappa shape index (κ2) is 13.2. The SMILES string of the molecule is COc1cc(CP(=O)(O)O)ccc1Nc1ncc(C(F)(F)F)c(Nc2ccc(C3CCC(OP(=O)(O)O)CC3)c3c2C(=O)N(C)C3)n1. The van der Waals surface area contributed by atoms with Gasteiger partial charge in [0.15, 0.2) is 0 Å². The molecule has 0 spiro atoms. The molecular weight excluding hydrogens is 669 g/mol. The Hall–Kier alpha value is -3.56. The fraction of sp³-hybridized carbons (Fsp3) is 0.393. The highest BCUT2D eigenvalue weighted by Crippen LogP contribution is 2.46. The quantitative estimate of drug-likeness (QED) is 0.147. The monoisotopic (exact) mass is 701 g/mol. The standard InChI is InChI=1S/C28H32F3N5O9P2/c1-36-13-19-18(16-4-6-17(7-5-16)45-47(41,42)43)8-10-22(24(19)26(36)37)33-25-20(28(29,30)31)12-32-27(35-25)34-21-9-3-15(11-23(21)44-2)14-46(38,39)40/h3,8-12,16-17H,4-7,13-14H2,1-2H3,(H2,38,39,40)(H2,41,42,43)(H2,32,33,34,35). The fourth-order valence-electron chi connectivity index (χ4n) is 5.91. The van der Waals surface area contributed by atoms with Crippen LogP contribution >= 0.6 is 15.4 Å². The van der Waals surface area contributed by atoms with E-state index in [4.69, 9.17) is 19.0 Å². The number of phosphoric acid groups is 1. The Labute approximate surface area is 266 Å². The van der Waals surface area contributed by atoms with Crippen molar-refractivity contribution in [1.82, 2.24) is 14.9 Å². The van der Waals surface area contributed by atoms with E-state index in [1.165, 1.54) is 36.3 Å². The summed E-state index contributed by atoms with van der Waals surface area (Å²) in [6.07, 6.45) is -3.58. The van der Waals surface area contributed by atoms with Gasteiger partial charge in [-0.2, -0.15) is 18.2 Å². The van der Waals surface area contributed by atoms with E-state index in [0.29, 0.717) is 37.4 Å². The predicted octanol–water partition coefficient (Wildman–Crippen LogP) is 5.39. The Bertz CT molecular complexity index is 1770. The van der Waals surface area contributed by atoms with Crippen LogP contribution in [0.4, 0.5) is 36.3 Å². The van der Waals surface area contributed by atoms with Crippen LogP contribution in [0.5, 0.6) is 5.75 Å². The highest BCUT2D eigenvalue weighted by molar-refractivity contribution is 7.50. The number of carbonyl (C=O) groups excluding carboxylic acids is 1. The zero-order valence-corrected chi connectivity index (χ0v) is 26.9. The van der Waals surface area contributed by atoms with Crippen molar-refractivity contribution < 1.29 is 55.9 Å². The first kappa shape index (κ1) is 34.8. The van der Waals surface area contributed by atoms with E-state index in [-0.39, 0.29) is 46.7 Å². The lowest BCUT2D eigenvalue weighted by atomic mass is 9.80. The maximum atomic E-state index is 14.1. The average Bonchev–Trinajstić information content (AvgIpc) is 3.26. The van der Waals surface area contributed by atoms with Crippen molar-refractivity contribution in [2.75, 3.05) is 24.8 Å². The number of nitrogens with zero attached hydrogens (tertiary/aromatic N) is 3. The Morgan fingerprint density at radius 2 is 1.70 bits per heavy atom. The maximum Gasteiger partial charge on any atom is 0.469 e. The number of ether oxygens (including phenoxy) is 1. The third-order valence-corrected chi connectivity index (χ3v) is 9.30. The molecule has 254 valence electrons. The zero-order chi connectivity index (χ0) is 34.3. The molecule has 0 saturated heterocycles. The molecule has 5 rings (SSSR count). The van der Waals surface area contributed by atoms with E-state index >= 15 is 0 Å². The Balaban J connectivity index is 1.45. The average molecular weight is 702 g/mol. The summed E-state index contributed by atoms with van der Waals surface area (Å²) >= 11 is 0. The van der Waals surface area contributed by atoms with E-state index in [2.05, 4.69) is 20.6 Å². The zero-order valence-electron chi connectivity index (χ0n) is 25.1. The highest BCUT2D eigenvalue weighted by Gasteiger charge is 2.38. The second-order valence-electron chi connectivity index (χ2n) is 11.3. The molecule has 1 aromatic heterocycles. The van der Waals surface area contributed by atoms with Gasteiger partial charge in [0.1, 0.15) is 17.1 Å². The summed E-state index contributed by atoms with van der Waals surface area (Å²) < 4.78 is 75.1. The van der Waals surface area contributed by atoms with Crippen molar-refractivity contribution in [3.63, 3.8) is 0 Å². The summed E-state index contributed by atoms with van der Waals surface area (Å²) in [5, 5.41) is 5.47. The number of carbonyl (C=O) groups is 1. The van der Waals surface area contributed by atoms with Crippen LogP contribution in [0.25, 0.3) is 0 Å².